The number of likely N-dealkylation sites (tertiary alicyclic amines) is 1. The summed E-state index contributed by atoms with van der Waals surface area (Å²) < 4.78 is 53.6. The van der Waals surface area contributed by atoms with Gasteiger partial charge in [0, 0.05) is 25.7 Å². The van der Waals surface area contributed by atoms with Crippen LogP contribution in [0, 0.1) is 5.92 Å². The predicted molar refractivity (Wildman–Crippen MR) is 148 cm³/mol. The molecule has 5 rings (SSSR count). The molecule has 2 aromatic carbocycles. The first-order valence-electron chi connectivity index (χ1n) is 13.9. The molecule has 0 aromatic heterocycles. The van der Waals surface area contributed by atoms with Crippen molar-refractivity contribution in [3.8, 4) is 0 Å². The standard InChI is InChI=1S/C32H34F4N2O2/c1-20-14-26(17-29(37-20)32(34,35)36)27-5-2-4-24-16-25(31(39)40)10-11-28(24)30(27)23-8-6-21(7-9-23)15-22-18-38(19-22)13-3-12-33/h6-11,14,16-17,20,22,37H,2-5,12-13,15,18-19H2,1H3,(H,39,40). The predicted octanol–water partition coefficient (Wildman–Crippen LogP) is 6.72. The lowest BCUT2D eigenvalue weighted by atomic mass is 9.85. The Kier molecular flexibility index (Phi) is 8.17. The van der Waals surface area contributed by atoms with Crippen LogP contribution in [0.15, 0.2) is 71.5 Å². The number of hydrogen-bond donors (Lipinski definition) is 2. The number of alkyl halides is 4. The molecular weight excluding hydrogens is 520 g/mol. The first-order chi connectivity index (χ1) is 19.1. The molecule has 4 nitrogen and oxygen atoms in total. The van der Waals surface area contributed by atoms with E-state index in [0.717, 1.165) is 53.9 Å². The van der Waals surface area contributed by atoms with Gasteiger partial charge in [0.15, 0.2) is 0 Å². The second kappa shape index (κ2) is 11.6. The van der Waals surface area contributed by atoms with E-state index in [1.807, 2.05) is 18.2 Å². The van der Waals surface area contributed by atoms with E-state index in [4.69, 9.17) is 0 Å². The summed E-state index contributed by atoms with van der Waals surface area (Å²) in [6.07, 6.45) is 1.94. The molecule has 2 heterocycles. The molecular formula is C32H34F4N2O2. The number of carbonyl (C=O) groups is 1. The van der Waals surface area contributed by atoms with Crippen LogP contribution >= 0.6 is 0 Å². The molecule has 1 saturated heterocycles. The monoisotopic (exact) mass is 554 g/mol. The number of nitrogens with one attached hydrogen (secondary N) is 1. The Balaban J connectivity index is 1.52. The summed E-state index contributed by atoms with van der Waals surface area (Å²) in [6.45, 7) is 4.13. The minimum absolute atomic E-state index is 0.201. The normalized spacial score (nSPS) is 20.2. The molecule has 0 saturated carbocycles. The lowest BCUT2D eigenvalue weighted by Crippen LogP contribution is -2.47. The van der Waals surface area contributed by atoms with Crippen LogP contribution in [0.1, 0.15) is 58.8 Å². The van der Waals surface area contributed by atoms with E-state index in [1.165, 1.54) is 11.6 Å². The molecule has 1 atom stereocenters. The molecule has 2 aromatic rings. The van der Waals surface area contributed by atoms with Crippen molar-refractivity contribution in [2.45, 2.75) is 51.2 Å². The number of aromatic carboxylic acids is 1. The average Bonchev–Trinajstić information content (AvgIpc) is 3.08. The molecule has 212 valence electrons. The lowest BCUT2D eigenvalue weighted by molar-refractivity contribution is -0.0975. The summed E-state index contributed by atoms with van der Waals surface area (Å²) in [5.74, 6) is -0.477. The van der Waals surface area contributed by atoms with Gasteiger partial charge in [-0.1, -0.05) is 36.4 Å². The van der Waals surface area contributed by atoms with Crippen LogP contribution in [0.4, 0.5) is 17.6 Å². The number of halogens is 4. The highest BCUT2D eigenvalue weighted by Gasteiger charge is 2.36. The number of dihydropyridines is 1. The number of hydrogen-bond acceptors (Lipinski definition) is 3. The number of carboxylic acids is 1. The molecule has 0 amide bonds. The van der Waals surface area contributed by atoms with E-state index in [0.29, 0.717) is 37.2 Å². The van der Waals surface area contributed by atoms with Crippen LogP contribution in [0.5, 0.6) is 0 Å². The number of allylic oxidation sites excluding steroid dienone is 4. The minimum atomic E-state index is -4.49. The van der Waals surface area contributed by atoms with Crippen LogP contribution < -0.4 is 5.32 Å². The van der Waals surface area contributed by atoms with E-state index in [-0.39, 0.29) is 12.2 Å². The Hall–Kier alpha value is -3.39. The first kappa shape index (κ1) is 28.1. The zero-order chi connectivity index (χ0) is 28.4. The van der Waals surface area contributed by atoms with Gasteiger partial charge >= 0.3 is 12.1 Å². The van der Waals surface area contributed by atoms with Gasteiger partial charge in [0.25, 0.3) is 0 Å². The Morgan fingerprint density at radius 1 is 1.10 bits per heavy atom. The highest BCUT2D eigenvalue weighted by atomic mass is 19.4. The summed E-state index contributed by atoms with van der Waals surface area (Å²) >= 11 is 0. The third kappa shape index (κ3) is 6.17. The highest BCUT2D eigenvalue weighted by Crippen LogP contribution is 2.41. The molecule has 3 aliphatic rings. The van der Waals surface area contributed by atoms with Crippen LogP contribution in [0.2, 0.25) is 0 Å². The van der Waals surface area contributed by atoms with Crippen LogP contribution in [-0.4, -0.2) is 54.5 Å². The van der Waals surface area contributed by atoms with Crippen molar-refractivity contribution in [1.82, 2.24) is 10.2 Å². The molecule has 0 radical (unpaired) electrons. The zero-order valence-electron chi connectivity index (χ0n) is 22.5. The van der Waals surface area contributed by atoms with Gasteiger partial charge in [0.05, 0.1) is 12.2 Å². The first-order valence-corrected chi connectivity index (χ1v) is 13.9. The van der Waals surface area contributed by atoms with Crippen molar-refractivity contribution in [3.63, 3.8) is 0 Å². The molecule has 1 unspecified atom stereocenters. The molecule has 0 bridgehead atoms. The average molecular weight is 555 g/mol. The number of fused-ring (bicyclic) bond motifs is 1. The molecule has 40 heavy (non-hydrogen) atoms. The number of aryl methyl sites for hydroxylation is 1. The molecule has 1 fully saturated rings. The van der Waals surface area contributed by atoms with Crippen molar-refractivity contribution < 1.29 is 27.5 Å². The molecule has 1 aliphatic carbocycles. The topological polar surface area (TPSA) is 52.6 Å². The minimum Gasteiger partial charge on any atom is -0.478 e. The molecule has 2 aliphatic heterocycles. The van der Waals surface area contributed by atoms with Gasteiger partial charge in [0.1, 0.15) is 5.70 Å². The maximum Gasteiger partial charge on any atom is 0.430 e. The smallest absolute Gasteiger partial charge is 0.430 e. The second-order valence-electron chi connectivity index (χ2n) is 11.1. The maximum absolute atomic E-state index is 13.7. The van der Waals surface area contributed by atoms with E-state index < -0.39 is 23.9 Å². The van der Waals surface area contributed by atoms with Crippen LogP contribution in [0.25, 0.3) is 5.57 Å². The molecule has 8 heteroatoms. The van der Waals surface area contributed by atoms with Crippen molar-refractivity contribution in [1.29, 1.82) is 0 Å². The zero-order valence-corrected chi connectivity index (χ0v) is 22.5. The van der Waals surface area contributed by atoms with Gasteiger partial charge in [-0.15, -0.1) is 0 Å². The highest BCUT2D eigenvalue weighted by molar-refractivity contribution is 5.91. The summed E-state index contributed by atoms with van der Waals surface area (Å²) in [5.41, 5.74) is 5.53. The van der Waals surface area contributed by atoms with Gasteiger partial charge in [-0.25, -0.2) is 4.79 Å². The van der Waals surface area contributed by atoms with Crippen molar-refractivity contribution in [2.75, 3.05) is 26.3 Å². The van der Waals surface area contributed by atoms with Crippen molar-refractivity contribution >= 4 is 11.5 Å². The maximum atomic E-state index is 13.7. The Morgan fingerprint density at radius 3 is 2.52 bits per heavy atom. The summed E-state index contributed by atoms with van der Waals surface area (Å²) in [7, 11) is 0. The Morgan fingerprint density at radius 2 is 1.85 bits per heavy atom. The third-order valence-corrected chi connectivity index (χ3v) is 7.97. The van der Waals surface area contributed by atoms with E-state index >= 15 is 0 Å². The quantitative estimate of drug-likeness (QED) is 0.356. The Bertz CT molecular complexity index is 1350. The second-order valence-corrected chi connectivity index (χ2v) is 11.1. The summed E-state index contributed by atoms with van der Waals surface area (Å²) in [4.78, 5) is 13.9. The van der Waals surface area contributed by atoms with Gasteiger partial charge in [0.2, 0.25) is 0 Å². The van der Waals surface area contributed by atoms with Crippen LogP contribution in [0.3, 0.4) is 0 Å². The van der Waals surface area contributed by atoms with Gasteiger partial charge in [-0.3, -0.25) is 4.39 Å². The van der Waals surface area contributed by atoms with E-state index in [1.54, 1.807) is 25.1 Å². The van der Waals surface area contributed by atoms with Gasteiger partial charge in [-0.2, -0.15) is 13.2 Å². The lowest BCUT2D eigenvalue weighted by Gasteiger charge is -2.39. The fourth-order valence-electron chi connectivity index (χ4n) is 6.10. The number of rotatable bonds is 8. The largest absolute Gasteiger partial charge is 0.478 e. The molecule has 0 spiro atoms. The molecule has 2 N–H and O–H groups in total. The van der Waals surface area contributed by atoms with Gasteiger partial charge < -0.3 is 15.3 Å². The third-order valence-electron chi connectivity index (χ3n) is 7.97. The van der Waals surface area contributed by atoms with Gasteiger partial charge in [-0.05, 0) is 102 Å². The van der Waals surface area contributed by atoms with E-state index in [2.05, 4.69) is 22.3 Å². The number of carboxylic acid groups (broad SMARTS) is 1. The van der Waals surface area contributed by atoms with Crippen molar-refractivity contribution in [3.05, 3.63) is 99.3 Å². The Labute approximate surface area is 232 Å². The number of nitrogens with zero attached hydrogens (tertiary/aromatic N) is 1. The van der Waals surface area contributed by atoms with Crippen LogP contribution in [-0.2, 0) is 12.8 Å². The number of benzene rings is 2. The SMILES string of the molecule is CC1C=C(C2=C(c3ccc(CC4CN(CCCF)C4)cc3)c3ccc(C(=O)O)cc3CCC2)C=C(C(F)(F)F)N1. The fourth-order valence-corrected chi connectivity index (χ4v) is 6.10. The summed E-state index contributed by atoms with van der Waals surface area (Å²) in [5, 5.41) is 12.1. The van der Waals surface area contributed by atoms with E-state index in [9.17, 15) is 27.5 Å². The fraction of sp³-hybridized carbons (Fsp3) is 0.406. The van der Waals surface area contributed by atoms with Crippen molar-refractivity contribution in [2.24, 2.45) is 5.92 Å². The summed E-state index contributed by atoms with van der Waals surface area (Å²) in [6, 6.07) is 12.8.